The Balaban J connectivity index is 1.33. The van der Waals surface area contributed by atoms with Crippen LogP contribution in [0.3, 0.4) is 0 Å². The van der Waals surface area contributed by atoms with Crippen LogP contribution in [-0.4, -0.2) is 47.9 Å². The van der Waals surface area contributed by atoms with Crippen molar-refractivity contribution in [2.24, 2.45) is 0 Å². The van der Waals surface area contributed by atoms with Gasteiger partial charge >= 0.3 is 18.0 Å². The molecule has 2 heterocycles. The first-order valence-electron chi connectivity index (χ1n) is 9.41. The molecule has 2 N–H and O–H groups in total. The number of aromatic amines is 1. The van der Waals surface area contributed by atoms with Crippen molar-refractivity contribution in [2.75, 3.05) is 36.4 Å². The molecular weight excluding hydrogens is 397 g/mol. The van der Waals surface area contributed by atoms with E-state index >= 15 is 0 Å². The van der Waals surface area contributed by atoms with Crippen LogP contribution in [0.4, 0.5) is 24.5 Å². The van der Waals surface area contributed by atoms with Crippen LogP contribution < -0.4 is 10.2 Å². The van der Waals surface area contributed by atoms with E-state index < -0.39 is 23.6 Å². The highest BCUT2D eigenvalue weighted by atomic mass is 19.4. The van der Waals surface area contributed by atoms with E-state index in [2.05, 4.69) is 10.3 Å². The van der Waals surface area contributed by atoms with Gasteiger partial charge in [0.25, 0.3) is 0 Å². The number of benzene rings is 2. The molecule has 0 saturated carbocycles. The summed E-state index contributed by atoms with van der Waals surface area (Å²) >= 11 is 0. The monoisotopic (exact) mass is 416 g/mol. The van der Waals surface area contributed by atoms with Gasteiger partial charge in [0.2, 0.25) is 0 Å². The summed E-state index contributed by atoms with van der Waals surface area (Å²) in [7, 11) is 0. The Hall–Kier alpha value is -3.49. The summed E-state index contributed by atoms with van der Waals surface area (Å²) in [6, 6.07) is 12.1. The topological polar surface area (TPSA) is 68.4 Å². The molecule has 1 fully saturated rings. The Bertz CT molecular complexity index is 1070. The molecule has 1 aliphatic rings. The number of alkyl halides is 3. The minimum absolute atomic E-state index is 0.310. The van der Waals surface area contributed by atoms with Gasteiger partial charge in [-0.1, -0.05) is 0 Å². The molecule has 0 bridgehead atoms. The Kier molecular flexibility index (Phi) is 5.11. The number of amides is 2. The number of rotatable bonds is 2. The Morgan fingerprint density at radius 3 is 2.30 bits per heavy atom. The van der Waals surface area contributed by atoms with Crippen molar-refractivity contribution in [3.05, 3.63) is 60.3 Å². The minimum atomic E-state index is -4.37. The van der Waals surface area contributed by atoms with Crippen LogP contribution in [0.25, 0.3) is 10.9 Å². The van der Waals surface area contributed by atoms with E-state index in [0.717, 1.165) is 23.0 Å². The molecule has 0 spiro atoms. The number of nitrogens with zero attached hydrogens (tertiary/aromatic N) is 2. The smallest absolute Gasteiger partial charge is 0.368 e. The summed E-state index contributed by atoms with van der Waals surface area (Å²) in [6.45, 7) is 1.48. The Morgan fingerprint density at radius 1 is 0.933 bits per heavy atom. The third-order valence-electron chi connectivity index (χ3n) is 5.13. The lowest BCUT2D eigenvalue weighted by atomic mass is 10.1. The fourth-order valence-corrected chi connectivity index (χ4v) is 3.49. The first-order chi connectivity index (χ1) is 14.3. The van der Waals surface area contributed by atoms with Crippen LogP contribution in [0.1, 0.15) is 5.56 Å². The van der Waals surface area contributed by atoms with Gasteiger partial charge in [-0.3, -0.25) is 9.59 Å². The van der Waals surface area contributed by atoms with Crippen molar-refractivity contribution in [3.8, 4) is 0 Å². The van der Waals surface area contributed by atoms with Gasteiger partial charge in [0, 0.05) is 54.7 Å². The Labute approximate surface area is 170 Å². The van der Waals surface area contributed by atoms with E-state index in [1.165, 1.54) is 17.0 Å². The lowest BCUT2D eigenvalue weighted by Gasteiger charge is -2.35. The van der Waals surface area contributed by atoms with E-state index in [1.54, 1.807) is 18.3 Å². The van der Waals surface area contributed by atoms with Crippen molar-refractivity contribution in [3.63, 3.8) is 0 Å². The molecule has 4 rings (SSSR count). The number of nitrogens with one attached hydrogen (secondary N) is 2. The van der Waals surface area contributed by atoms with Gasteiger partial charge in [-0.25, -0.2) is 0 Å². The molecule has 0 aliphatic carbocycles. The number of aromatic nitrogens is 1. The van der Waals surface area contributed by atoms with Gasteiger partial charge in [-0.05, 0) is 48.5 Å². The molecule has 3 aromatic rings. The standard InChI is InChI=1S/C21H19F3N4O2/c22-21(23,24)15-1-4-17(5-2-15)27-9-11-28(12-10-27)20(30)19(29)26-16-3-6-18-14(13-16)7-8-25-18/h1-8,13,25H,9-12H2,(H,26,29). The maximum atomic E-state index is 12.7. The van der Waals surface area contributed by atoms with Crippen molar-refractivity contribution in [1.29, 1.82) is 0 Å². The second kappa shape index (κ2) is 7.74. The maximum absolute atomic E-state index is 12.7. The number of halogens is 3. The van der Waals surface area contributed by atoms with Crippen LogP contribution in [-0.2, 0) is 15.8 Å². The highest BCUT2D eigenvalue weighted by Crippen LogP contribution is 2.30. The second-order valence-electron chi connectivity index (χ2n) is 7.06. The third-order valence-corrected chi connectivity index (χ3v) is 5.13. The van der Waals surface area contributed by atoms with Crippen molar-refractivity contribution in [1.82, 2.24) is 9.88 Å². The number of carbonyl (C=O) groups is 2. The van der Waals surface area contributed by atoms with Gasteiger partial charge in [0.15, 0.2) is 0 Å². The molecule has 30 heavy (non-hydrogen) atoms. The number of hydrogen-bond donors (Lipinski definition) is 2. The van der Waals surface area contributed by atoms with Crippen LogP contribution in [0.2, 0.25) is 0 Å². The quantitative estimate of drug-likeness (QED) is 0.629. The zero-order valence-corrected chi connectivity index (χ0v) is 15.9. The largest absolute Gasteiger partial charge is 0.416 e. The normalized spacial score (nSPS) is 14.8. The molecule has 6 nitrogen and oxygen atoms in total. The third kappa shape index (κ3) is 4.10. The number of H-pyrrole nitrogens is 1. The molecule has 1 aromatic heterocycles. The summed E-state index contributed by atoms with van der Waals surface area (Å²) in [5, 5.41) is 3.54. The predicted molar refractivity (Wildman–Crippen MR) is 107 cm³/mol. The minimum Gasteiger partial charge on any atom is -0.368 e. The van der Waals surface area contributed by atoms with Gasteiger partial charge < -0.3 is 20.1 Å². The van der Waals surface area contributed by atoms with E-state index in [9.17, 15) is 22.8 Å². The molecule has 1 saturated heterocycles. The molecule has 0 radical (unpaired) electrons. The predicted octanol–water partition coefficient (Wildman–Crippen LogP) is 3.47. The highest BCUT2D eigenvalue weighted by Gasteiger charge is 2.31. The van der Waals surface area contributed by atoms with Crippen molar-refractivity contribution in [2.45, 2.75) is 6.18 Å². The number of piperazine rings is 1. The molecule has 156 valence electrons. The van der Waals surface area contributed by atoms with E-state index in [0.29, 0.717) is 37.6 Å². The van der Waals surface area contributed by atoms with Crippen LogP contribution >= 0.6 is 0 Å². The first kappa shape index (κ1) is 19.8. The summed E-state index contributed by atoms with van der Waals surface area (Å²) in [5.74, 6) is -1.34. The van der Waals surface area contributed by atoms with Gasteiger partial charge in [-0.2, -0.15) is 13.2 Å². The van der Waals surface area contributed by atoms with E-state index in [-0.39, 0.29) is 0 Å². The number of fused-ring (bicyclic) bond motifs is 1. The van der Waals surface area contributed by atoms with Gasteiger partial charge in [0.05, 0.1) is 5.56 Å². The highest BCUT2D eigenvalue weighted by molar-refractivity contribution is 6.39. The van der Waals surface area contributed by atoms with Crippen LogP contribution in [0, 0.1) is 0 Å². The zero-order chi connectivity index (χ0) is 21.3. The average molecular weight is 416 g/mol. The molecule has 9 heteroatoms. The number of hydrogen-bond acceptors (Lipinski definition) is 3. The summed E-state index contributed by atoms with van der Waals surface area (Å²) in [5.41, 5.74) is 1.41. The van der Waals surface area contributed by atoms with E-state index in [1.807, 2.05) is 17.0 Å². The fraction of sp³-hybridized carbons (Fsp3) is 0.238. The van der Waals surface area contributed by atoms with Crippen LogP contribution in [0.5, 0.6) is 0 Å². The van der Waals surface area contributed by atoms with Gasteiger partial charge in [0.1, 0.15) is 0 Å². The number of anilines is 2. The molecule has 0 atom stereocenters. The molecule has 1 aliphatic heterocycles. The molecular formula is C21H19F3N4O2. The summed E-state index contributed by atoms with van der Waals surface area (Å²) < 4.78 is 38.1. The molecule has 2 amide bonds. The van der Waals surface area contributed by atoms with Crippen molar-refractivity contribution >= 4 is 34.1 Å². The van der Waals surface area contributed by atoms with Crippen LogP contribution in [0.15, 0.2) is 54.7 Å². The van der Waals surface area contributed by atoms with Gasteiger partial charge in [-0.15, -0.1) is 0 Å². The molecule has 2 aromatic carbocycles. The lowest BCUT2D eigenvalue weighted by Crippen LogP contribution is -2.51. The zero-order valence-electron chi connectivity index (χ0n) is 15.9. The molecule has 0 unspecified atom stereocenters. The maximum Gasteiger partial charge on any atom is 0.416 e. The fourth-order valence-electron chi connectivity index (χ4n) is 3.49. The Morgan fingerprint density at radius 2 is 1.63 bits per heavy atom. The second-order valence-corrected chi connectivity index (χ2v) is 7.06. The summed E-state index contributed by atoms with van der Waals surface area (Å²) in [4.78, 5) is 31.2. The van der Waals surface area contributed by atoms with E-state index in [4.69, 9.17) is 0 Å². The average Bonchev–Trinajstić information content (AvgIpc) is 3.21. The SMILES string of the molecule is O=C(Nc1ccc2[nH]ccc2c1)C(=O)N1CCN(c2ccc(C(F)(F)F)cc2)CC1. The van der Waals surface area contributed by atoms with Crippen molar-refractivity contribution < 1.29 is 22.8 Å². The first-order valence-corrected chi connectivity index (χ1v) is 9.41. The lowest BCUT2D eigenvalue weighted by molar-refractivity contribution is -0.143. The summed E-state index contributed by atoms with van der Waals surface area (Å²) in [6.07, 6.45) is -2.58. The number of carbonyl (C=O) groups excluding carboxylic acids is 2.